The highest BCUT2D eigenvalue weighted by molar-refractivity contribution is 7.09. The van der Waals surface area contributed by atoms with Crippen LogP contribution in [0, 0.1) is 5.92 Å². The Bertz CT molecular complexity index is 802. The molecule has 1 aliphatic carbocycles. The van der Waals surface area contributed by atoms with Gasteiger partial charge in [-0.05, 0) is 41.3 Å². The van der Waals surface area contributed by atoms with E-state index in [1.807, 2.05) is 17.5 Å². The maximum atomic E-state index is 12.7. The molecule has 5 heteroatoms. The highest BCUT2D eigenvalue weighted by Gasteiger charge is 2.53. The molecule has 2 fully saturated rings. The molecule has 0 bridgehead atoms. The van der Waals surface area contributed by atoms with Gasteiger partial charge in [-0.25, -0.2) is 0 Å². The number of carbonyl (C=O) groups excluding carboxylic acids is 1. The summed E-state index contributed by atoms with van der Waals surface area (Å²) in [5.41, 5.74) is 2.65. The minimum Gasteiger partial charge on any atom is -0.366 e. The summed E-state index contributed by atoms with van der Waals surface area (Å²) in [7, 11) is 0. The lowest BCUT2D eigenvalue weighted by molar-refractivity contribution is -0.130. The number of carbonyl (C=O) groups is 1. The highest BCUT2D eigenvalue weighted by atomic mass is 32.1. The second-order valence-corrected chi connectivity index (χ2v) is 8.85. The van der Waals surface area contributed by atoms with Gasteiger partial charge in [0.25, 0.3) is 0 Å². The number of nitrogens with zero attached hydrogens (tertiary/aromatic N) is 1. The second-order valence-electron chi connectivity index (χ2n) is 7.81. The fourth-order valence-electron chi connectivity index (χ4n) is 4.43. The molecule has 1 aromatic carbocycles. The molecule has 1 aromatic heterocycles. The molecule has 1 spiro atoms. The molecule has 4 nitrogen and oxygen atoms in total. The van der Waals surface area contributed by atoms with Crippen molar-refractivity contribution in [2.45, 2.75) is 44.0 Å². The number of benzene rings is 1. The first-order valence-corrected chi connectivity index (χ1v) is 10.4. The minimum absolute atomic E-state index is 0.0195. The van der Waals surface area contributed by atoms with Gasteiger partial charge in [0.05, 0.1) is 18.7 Å². The monoisotopic (exact) mass is 368 g/mol. The fourth-order valence-corrected chi connectivity index (χ4v) is 5.08. The first-order chi connectivity index (χ1) is 12.7. The lowest BCUT2D eigenvalue weighted by atomic mass is 9.86. The summed E-state index contributed by atoms with van der Waals surface area (Å²) in [6, 6.07) is 12.8. The van der Waals surface area contributed by atoms with E-state index in [4.69, 9.17) is 4.74 Å². The largest absolute Gasteiger partial charge is 0.366 e. The van der Waals surface area contributed by atoms with Crippen LogP contribution in [0.25, 0.3) is 0 Å². The zero-order chi connectivity index (χ0) is 17.6. The average Bonchev–Trinajstić information content (AvgIpc) is 3.09. The third-order valence-electron chi connectivity index (χ3n) is 6.02. The molecule has 26 heavy (non-hydrogen) atoms. The van der Waals surface area contributed by atoms with Crippen LogP contribution in [-0.4, -0.2) is 30.1 Å². The number of hydrogen-bond acceptors (Lipinski definition) is 4. The van der Waals surface area contributed by atoms with E-state index in [1.54, 1.807) is 11.3 Å². The Labute approximate surface area is 158 Å². The van der Waals surface area contributed by atoms with Crippen molar-refractivity contribution in [3.05, 3.63) is 57.8 Å². The van der Waals surface area contributed by atoms with Crippen LogP contribution in [0.3, 0.4) is 0 Å². The average molecular weight is 369 g/mol. The van der Waals surface area contributed by atoms with Gasteiger partial charge in [0.1, 0.15) is 6.10 Å². The van der Waals surface area contributed by atoms with Gasteiger partial charge in [0, 0.05) is 24.4 Å². The Kier molecular flexibility index (Phi) is 4.11. The summed E-state index contributed by atoms with van der Waals surface area (Å²) >= 11 is 1.67. The lowest BCUT2D eigenvalue weighted by Gasteiger charge is -2.34. The van der Waals surface area contributed by atoms with E-state index < -0.39 is 0 Å². The van der Waals surface area contributed by atoms with Crippen LogP contribution < -0.4 is 5.32 Å². The van der Waals surface area contributed by atoms with Gasteiger partial charge < -0.3 is 10.1 Å². The second kappa shape index (κ2) is 6.48. The summed E-state index contributed by atoms with van der Waals surface area (Å²) < 4.78 is 6.06. The van der Waals surface area contributed by atoms with Gasteiger partial charge in [0.2, 0.25) is 5.91 Å². The van der Waals surface area contributed by atoms with Crippen molar-refractivity contribution < 1.29 is 9.53 Å². The van der Waals surface area contributed by atoms with Gasteiger partial charge >= 0.3 is 0 Å². The maximum absolute atomic E-state index is 12.7. The van der Waals surface area contributed by atoms with Crippen LogP contribution in [0.5, 0.6) is 0 Å². The summed E-state index contributed by atoms with van der Waals surface area (Å²) in [6.07, 6.45) is 3.08. The number of fused-ring (bicyclic) bond motifs is 2. The Hall–Kier alpha value is -1.69. The first kappa shape index (κ1) is 16.5. The quantitative estimate of drug-likeness (QED) is 0.881. The van der Waals surface area contributed by atoms with Crippen molar-refractivity contribution in [2.75, 3.05) is 13.2 Å². The van der Waals surface area contributed by atoms with E-state index in [0.717, 1.165) is 25.4 Å². The van der Waals surface area contributed by atoms with Crippen LogP contribution in [0.2, 0.25) is 0 Å². The van der Waals surface area contributed by atoms with Crippen LogP contribution in [0.15, 0.2) is 41.8 Å². The smallest absolute Gasteiger partial charge is 0.249 e. The number of nitrogens with one attached hydrogen (secondary N) is 1. The number of amides is 1. The number of ether oxygens (including phenoxy) is 1. The summed E-state index contributed by atoms with van der Waals surface area (Å²) in [5, 5.41) is 5.09. The van der Waals surface area contributed by atoms with Crippen LogP contribution >= 0.6 is 11.3 Å². The van der Waals surface area contributed by atoms with Crippen molar-refractivity contribution in [3.63, 3.8) is 0 Å². The first-order valence-electron chi connectivity index (χ1n) is 9.50. The van der Waals surface area contributed by atoms with E-state index in [-0.39, 0.29) is 17.6 Å². The van der Waals surface area contributed by atoms with E-state index in [1.165, 1.54) is 28.8 Å². The Balaban J connectivity index is 1.33. The number of thiophene rings is 1. The van der Waals surface area contributed by atoms with Gasteiger partial charge in [-0.3, -0.25) is 9.69 Å². The van der Waals surface area contributed by atoms with Crippen molar-refractivity contribution in [1.82, 2.24) is 10.2 Å². The van der Waals surface area contributed by atoms with Crippen molar-refractivity contribution in [1.29, 1.82) is 0 Å². The normalized spacial score (nSPS) is 27.8. The molecule has 1 saturated carbocycles. The molecule has 2 aliphatic heterocycles. The molecule has 1 saturated heterocycles. The maximum Gasteiger partial charge on any atom is 0.249 e. The van der Waals surface area contributed by atoms with Crippen molar-refractivity contribution in [2.24, 2.45) is 5.92 Å². The van der Waals surface area contributed by atoms with E-state index in [0.29, 0.717) is 13.2 Å². The van der Waals surface area contributed by atoms with Crippen molar-refractivity contribution in [3.8, 4) is 0 Å². The Morgan fingerprint density at radius 3 is 2.96 bits per heavy atom. The third-order valence-corrected chi connectivity index (χ3v) is 6.89. The zero-order valence-corrected chi connectivity index (χ0v) is 15.6. The van der Waals surface area contributed by atoms with Crippen LogP contribution in [-0.2, 0) is 28.2 Å². The summed E-state index contributed by atoms with van der Waals surface area (Å²) in [6.45, 7) is 3.32. The summed E-state index contributed by atoms with van der Waals surface area (Å²) in [5.74, 6) is 0.846. The van der Waals surface area contributed by atoms with E-state index in [9.17, 15) is 4.79 Å². The Morgan fingerprint density at radius 1 is 1.27 bits per heavy atom. The topological polar surface area (TPSA) is 41.6 Å². The molecule has 1 N–H and O–H groups in total. The number of hydrogen-bond donors (Lipinski definition) is 1. The van der Waals surface area contributed by atoms with E-state index in [2.05, 4.69) is 34.5 Å². The molecule has 3 heterocycles. The highest BCUT2D eigenvalue weighted by Crippen LogP contribution is 2.48. The molecule has 2 aromatic rings. The predicted octanol–water partition coefficient (Wildman–Crippen LogP) is 3.27. The van der Waals surface area contributed by atoms with Gasteiger partial charge in [-0.15, -0.1) is 11.3 Å². The van der Waals surface area contributed by atoms with Gasteiger partial charge in [-0.1, -0.05) is 30.3 Å². The lowest BCUT2D eigenvalue weighted by Crippen LogP contribution is -2.43. The molecule has 0 unspecified atom stereocenters. The zero-order valence-electron chi connectivity index (χ0n) is 14.8. The summed E-state index contributed by atoms with van der Waals surface area (Å²) in [4.78, 5) is 16.4. The molecule has 0 radical (unpaired) electrons. The van der Waals surface area contributed by atoms with E-state index >= 15 is 0 Å². The number of rotatable bonds is 5. The molecule has 1 amide bonds. The van der Waals surface area contributed by atoms with Crippen LogP contribution in [0.4, 0.5) is 0 Å². The molecule has 2 atom stereocenters. The molecule has 5 rings (SSSR count). The minimum atomic E-state index is -0.358. The molecular weight excluding hydrogens is 344 g/mol. The van der Waals surface area contributed by atoms with Crippen LogP contribution in [0.1, 0.15) is 35.3 Å². The standard InChI is InChI=1S/C21H24N2O2S/c24-20(22-11-17-5-3-9-26-17)19-10-21(14-25-19)18-6-2-1-4-16(18)13-23(21)12-15-7-8-15/h1-6,9,15,19H,7-8,10-14H2,(H,22,24)/t19-,21+/m0/s1. The molecule has 3 aliphatic rings. The van der Waals surface area contributed by atoms with Crippen molar-refractivity contribution >= 4 is 17.2 Å². The fraction of sp³-hybridized carbons (Fsp3) is 0.476. The Morgan fingerprint density at radius 2 is 2.15 bits per heavy atom. The predicted molar refractivity (Wildman–Crippen MR) is 102 cm³/mol. The third kappa shape index (κ3) is 2.88. The SMILES string of the molecule is O=C(NCc1cccs1)[C@@H]1C[C@@]2(CO1)c1ccccc1CN2CC1CC1. The molecular formula is C21H24N2O2S. The molecule has 136 valence electrons. The van der Waals surface area contributed by atoms with Gasteiger partial charge in [0.15, 0.2) is 0 Å². The van der Waals surface area contributed by atoms with Gasteiger partial charge in [-0.2, -0.15) is 0 Å².